The summed E-state index contributed by atoms with van der Waals surface area (Å²) in [5.74, 6) is -2.21. The van der Waals surface area contributed by atoms with Crippen LogP contribution in [0.2, 0.25) is 0 Å². The van der Waals surface area contributed by atoms with Crippen molar-refractivity contribution < 1.29 is 22.0 Å². The van der Waals surface area contributed by atoms with Crippen LogP contribution in [0.25, 0.3) is 12.7 Å². The fourth-order valence-electron chi connectivity index (χ4n) is 4.85. The molecular weight excluding hydrogens is 474 g/mol. The van der Waals surface area contributed by atoms with E-state index in [2.05, 4.69) is 16.9 Å². The molecule has 0 radical (unpaired) electrons. The van der Waals surface area contributed by atoms with E-state index < -0.39 is 15.9 Å². The third kappa shape index (κ3) is 6.20. The van der Waals surface area contributed by atoms with E-state index >= 15 is 0 Å². The van der Waals surface area contributed by atoms with Crippen molar-refractivity contribution in [3.8, 4) is 0 Å². The molecular formula is C25H38F2N4O3S. The Morgan fingerprint density at radius 1 is 1.26 bits per heavy atom. The number of alkyl halides is 2. The summed E-state index contributed by atoms with van der Waals surface area (Å²) >= 11 is 0. The van der Waals surface area contributed by atoms with Crippen molar-refractivity contribution >= 4 is 28.6 Å². The van der Waals surface area contributed by atoms with Crippen molar-refractivity contribution in [1.29, 1.82) is 0 Å². The molecule has 0 bridgehead atoms. The predicted molar refractivity (Wildman–Crippen MR) is 133 cm³/mol. The molecule has 1 atom stereocenters. The molecule has 2 fully saturated rings. The van der Waals surface area contributed by atoms with Crippen LogP contribution in [0.4, 0.5) is 8.78 Å². The number of carbonyl (C=O) groups is 1. The highest BCUT2D eigenvalue weighted by atomic mass is 32.2. The number of carbonyl (C=O) groups excluding carboxylic acids is 1. The van der Waals surface area contributed by atoms with E-state index in [4.69, 9.17) is 0 Å². The highest BCUT2D eigenvalue weighted by molar-refractivity contribution is 7.93. The Labute approximate surface area is 207 Å². The van der Waals surface area contributed by atoms with Crippen LogP contribution in [0.5, 0.6) is 0 Å². The van der Waals surface area contributed by atoms with Crippen molar-refractivity contribution in [3.05, 3.63) is 27.5 Å². The first kappa shape index (κ1) is 27.5. The normalized spacial score (nSPS) is 23.1. The number of nitrogens with zero attached hydrogens (tertiary/aromatic N) is 3. The summed E-state index contributed by atoms with van der Waals surface area (Å²) in [7, 11) is -2.18. The summed E-state index contributed by atoms with van der Waals surface area (Å²) in [5, 5.41) is 3.79. The van der Waals surface area contributed by atoms with Crippen LogP contribution in [0.1, 0.15) is 65.6 Å². The van der Waals surface area contributed by atoms with Gasteiger partial charge in [-0.1, -0.05) is 27.4 Å². The van der Waals surface area contributed by atoms with E-state index in [0.29, 0.717) is 43.1 Å². The number of halogens is 2. The molecule has 2 heterocycles. The summed E-state index contributed by atoms with van der Waals surface area (Å²) in [6.45, 7) is 12.7. The van der Waals surface area contributed by atoms with Gasteiger partial charge in [-0.25, -0.2) is 22.2 Å². The van der Waals surface area contributed by atoms with Crippen molar-refractivity contribution in [3.63, 3.8) is 0 Å². The van der Waals surface area contributed by atoms with Crippen molar-refractivity contribution in [2.75, 3.05) is 20.1 Å². The molecule has 1 N–H and O–H groups in total. The number of allylic oxidation sites excluding steroid dienone is 2. The molecule has 7 nitrogen and oxygen atoms in total. The lowest BCUT2D eigenvalue weighted by molar-refractivity contribution is -0.124. The van der Waals surface area contributed by atoms with Gasteiger partial charge in [0.2, 0.25) is 21.9 Å². The zero-order valence-corrected chi connectivity index (χ0v) is 22.2. The van der Waals surface area contributed by atoms with Gasteiger partial charge >= 0.3 is 0 Å². The van der Waals surface area contributed by atoms with Gasteiger partial charge in [0.05, 0.1) is 21.5 Å². The second-order valence-electron chi connectivity index (χ2n) is 10.8. The van der Waals surface area contributed by atoms with Crippen molar-refractivity contribution in [2.45, 2.75) is 77.7 Å². The van der Waals surface area contributed by atoms with Crippen LogP contribution >= 0.6 is 0 Å². The van der Waals surface area contributed by atoms with Gasteiger partial charge < -0.3 is 9.88 Å². The Kier molecular flexibility index (Phi) is 7.96. The zero-order chi connectivity index (χ0) is 26.2. The van der Waals surface area contributed by atoms with Crippen molar-refractivity contribution in [2.24, 2.45) is 11.8 Å². The van der Waals surface area contributed by atoms with Gasteiger partial charge in [-0.05, 0) is 44.3 Å². The number of hydrogen-bond acceptors (Lipinski definition) is 4. The van der Waals surface area contributed by atoms with Crippen LogP contribution in [0.3, 0.4) is 0 Å². The second kappa shape index (κ2) is 10.1. The number of sulfonamides is 1. The third-order valence-electron chi connectivity index (χ3n) is 7.02. The second-order valence-corrected chi connectivity index (χ2v) is 12.9. The molecule has 1 aliphatic heterocycles. The first-order valence-corrected chi connectivity index (χ1v) is 13.6. The molecule has 0 unspecified atom stereocenters. The lowest BCUT2D eigenvalue weighted by Gasteiger charge is -2.30. The number of hydrogen-bond donors (Lipinski definition) is 1. The maximum atomic E-state index is 13.7. The fourth-order valence-corrected chi connectivity index (χ4v) is 6.22. The number of rotatable bonds is 6. The Morgan fingerprint density at radius 3 is 2.46 bits per heavy atom. The Balaban J connectivity index is 1.92. The molecule has 2 aliphatic rings. The van der Waals surface area contributed by atoms with E-state index in [1.54, 1.807) is 19.2 Å². The van der Waals surface area contributed by atoms with Crippen LogP contribution < -0.4 is 16.0 Å². The van der Waals surface area contributed by atoms with E-state index in [9.17, 15) is 22.0 Å². The minimum Gasteiger partial charge on any atom is -0.359 e. The number of nitrogens with one attached hydrogen (secondary N) is 1. The summed E-state index contributed by atoms with van der Waals surface area (Å²) in [6, 6.07) is 0. The summed E-state index contributed by atoms with van der Waals surface area (Å²) in [6.07, 6.45) is 4.39. The maximum Gasteiger partial charge on any atom is 0.248 e. The smallest absolute Gasteiger partial charge is 0.248 e. The summed E-state index contributed by atoms with van der Waals surface area (Å²) in [4.78, 5) is 16.7. The highest BCUT2D eigenvalue weighted by Gasteiger charge is 2.36. The zero-order valence-electron chi connectivity index (χ0n) is 21.4. The fraction of sp³-hybridized carbons (Fsp3) is 0.680. The summed E-state index contributed by atoms with van der Waals surface area (Å²) in [5.41, 5.74) is -0.299. The van der Waals surface area contributed by atoms with Gasteiger partial charge in [-0.2, -0.15) is 4.31 Å². The molecule has 1 aliphatic carbocycles. The maximum absolute atomic E-state index is 13.7. The molecule has 3 rings (SSSR count). The third-order valence-corrected chi connectivity index (χ3v) is 8.98. The number of imidazole rings is 1. The van der Waals surface area contributed by atoms with Crippen LogP contribution in [-0.2, 0) is 26.8 Å². The standard InChI is InChI=1S/C25H38F2N4O3S/c1-17(35(33,34)30-14-11-20(16-30)22(32)28-6)7-8-21-18(2)29-23(24(3,4)5)31(21)15-19-9-12-25(26,27)13-10-19/h7-8,19-20H,2,9-16H2,1,3-6H3,(H,28,32)/b17-7+,21-8+/t20-/m0/s1. The lowest BCUT2D eigenvalue weighted by Crippen LogP contribution is -2.35. The average Bonchev–Trinajstić information content (AvgIpc) is 3.38. The minimum atomic E-state index is -3.72. The Morgan fingerprint density at radius 2 is 1.89 bits per heavy atom. The average molecular weight is 513 g/mol. The molecule has 0 spiro atoms. The highest BCUT2D eigenvalue weighted by Crippen LogP contribution is 2.37. The molecule has 1 saturated carbocycles. The summed E-state index contributed by atoms with van der Waals surface area (Å²) < 4.78 is 57.0. The van der Waals surface area contributed by atoms with E-state index in [1.807, 2.05) is 25.3 Å². The SMILES string of the molecule is C=c1nc(C(C)(C)C)n(CC2CCC(F)(F)CC2)/c1=C/C=C(\C)S(=O)(=O)N1CC[C@H](C(=O)NC)C1. The molecule has 35 heavy (non-hydrogen) atoms. The van der Waals surface area contributed by atoms with Crippen LogP contribution in [-0.4, -0.2) is 54.2 Å². The van der Waals surface area contributed by atoms with Crippen molar-refractivity contribution in [1.82, 2.24) is 19.2 Å². The van der Waals surface area contributed by atoms with E-state index in [-0.39, 0.29) is 47.4 Å². The van der Waals surface area contributed by atoms with E-state index in [1.165, 1.54) is 11.2 Å². The molecule has 1 saturated heterocycles. The van der Waals surface area contributed by atoms with Gasteiger partial charge in [0, 0.05) is 44.9 Å². The first-order valence-electron chi connectivity index (χ1n) is 12.2. The lowest BCUT2D eigenvalue weighted by atomic mass is 9.86. The molecule has 0 aromatic carbocycles. The topological polar surface area (TPSA) is 84.3 Å². The van der Waals surface area contributed by atoms with Crippen LogP contribution in [0, 0.1) is 11.8 Å². The van der Waals surface area contributed by atoms with E-state index in [0.717, 1.165) is 5.82 Å². The number of aromatic nitrogens is 2. The molecule has 10 heteroatoms. The predicted octanol–water partition coefficient (Wildman–Crippen LogP) is 2.50. The van der Waals surface area contributed by atoms with Crippen LogP contribution in [0.15, 0.2) is 11.0 Å². The Hall–Kier alpha value is -2.07. The quantitative estimate of drug-likeness (QED) is 0.635. The van der Waals surface area contributed by atoms with Gasteiger partial charge in [0.25, 0.3) is 0 Å². The van der Waals surface area contributed by atoms with Gasteiger partial charge in [-0.3, -0.25) is 4.79 Å². The molecule has 1 aromatic rings. The number of amides is 1. The van der Waals surface area contributed by atoms with Gasteiger partial charge in [0.15, 0.2) is 0 Å². The Bertz CT molecular complexity index is 1190. The molecule has 196 valence electrons. The molecule has 1 amide bonds. The van der Waals surface area contributed by atoms with Gasteiger partial charge in [0.1, 0.15) is 5.82 Å². The molecule has 1 aromatic heterocycles. The minimum absolute atomic E-state index is 0.0940. The monoisotopic (exact) mass is 512 g/mol. The largest absolute Gasteiger partial charge is 0.359 e. The first-order chi connectivity index (χ1) is 16.2. The van der Waals surface area contributed by atoms with Gasteiger partial charge in [-0.15, -0.1) is 0 Å².